The van der Waals surface area contributed by atoms with Gasteiger partial charge in [0.25, 0.3) is 5.91 Å². The van der Waals surface area contributed by atoms with Crippen molar-refractivity contribution in [3.8, 4) is 11.8 Å². The molecular formula is C24H24BrClN2O4. The van der Waals surface area contributed by atoms with Crippen LogP contribution < -0.4 is 4.74 Å². The second-order valence-corrected chi connectivity index (χ2v) is 9.22. The van der Waals surface area contributed by atoms with Gasteiger partial charge in [-0.3, -0.25) is 9.59 Å². The van der Waals surface area contributed by atoms with Crippen molar-refractivity contribution in [2.45, 2.75) is 25.7 Å². The molecule has 8 heteroatoms. The average molecular weight is 520 g/mol. The van der Waals surface area contributed by atoms with Gasteiger partial charge >= 0.3 is 5.97 Å². The minimum Gasteiger partial charge on any atom is -0.483 e. The molecule has 3 rings (SSSR count). The zero-order valence-electron chi connectivity index (χ0n) is 17.8. The number of halogens is 2. The van der Waals surface area contributed by atoms with Gasteiger partial charge in [0, 0.05) is 28.1 Å². The molecule has 1 aliphatic heterocycles. The number of hydrogen-bond donors (Lipinski definition) is 0. The highest BCUT2D eigenvalue weighted by molar-refractivity contribution is 9.10. The first-order valence-corrected chi connectivity index (χ1v) is 11.4. The van der Waals surface area contributed by atoms with E-state index in [0.29, 0.717) is 48.7 Å². The van der Waals surface area contributed by atoms with Gasteiger partial charge in [0.1, 0.15) is 5.75 Å². The molecule has 2 aromatic carbocycles. The van der Waals surface area contributed by atoms with Crippen LogP contribution in [0.5, 0.6) is 5.75 Å². The van der Waals surface area contributed by atoms with E-state index in [1.165, 1.54) is 7.11 Å². The SMILES string of the molecule is COC(=O)Cc1cc(Br)ccc1OCC(=O)N1CCC(C#N)(Cc2ccc(Cl)cc2)CC1. The average Bonchev–Trinajstić information content (AvgIpc) is 2.80. The third-order valence-electron chi connectivity index (χ3n) is 5.70. The monoisotopic (exact) mass is 518 g/mol. The zero-order valence-corrected chi connectivity index (χ0v) is 20.1. The number of rotatable bonds is 7. The van der Waals surface area contributed by atoms with E-state index < -0.39 is 5.41 Å². The second-order valence-electron chi connectivity index (χ2n) is 7.87. The number of ether oxygens (including phenoxy) is 2. The summed E-state index contributed by atoms with van der Waals surface area (Å²) in [4.78, 5) is 26.1. The molecule has 168 valence electrons. The van der Waals surface area contributed by atoms with Gasteiger partial charge in [-0.1, -0.05) is 39.7 Å². The standard InChI is InChI=1S/C24H24BrClN2O4/c1-31-23(30)13-18-12-19(25)4-7-21(18)32-15-22(29)28-10-8-24(16-27,9-11-28)14-17-2-5-20(26)6-3-17/h2-7,12H,8-11,13-15H2,1H3. The number of carbonyl (C=O) groups is 2. The number of nitrogens with zero attached hydrogens (tertiary/aromatic N) is 2. The number of hydrogen-bond acceptors (Lipinski definition) is 5. The summed E-state index contributed by atoms with van der Waals surface area (Å²) in [5.74, 6) is -0.0584. The Labute approximate surface area is 201 Å². The maximum atomic E-state index is 12.7. The summed E-state index contributed by atoms with van der Waals surface area (Å²) in [5.41, 5.74) is 1.21. The third kappa shape index (κ3) is 6.24. The Kier molecular flexibility index (Phi) is 8.16. The minimum atomic E-state index is -0.495. The molecule has 1 aliphatic rings. The Bertz CT molecular complexity index is 1010. The molecule has 1 heterocycles. The number of methoxy groups -OCH3 is 1. The van der Waals surface area contributed by atoms with Crippen molar-refractivity contribution in [2.24, 2.45) is 5.41 Å². The van der Waals surface area contributed by atoms with Crippen molar-refractivity contribution in [1.29, 1.82) is 5.26 Å². The molecule has 0 radical (unpaired) electrons. The van der Waals surface area contributed by atoms with E-state index in [-0.39, 0.29) is 24.9 Å². The van der Waals surface area contributed by atoms with E-state index in [1.807, 2.05) is 24.3 Å². The second kappa shape index (κ2) is 10.8. The lowest BCUT2D eigenvalue weighted by Crippen LogP contribution is -2.45. The molecule has 1 saturated heterocycles. The first-order valence-electron chi connectivity index (χ1n) is 10.3. The fourth-order valence-electron chi connectivity index (χ4n) is 3.79. The van der Waals surface area contributed by atoms with Crippen LogP contribution in [-0.4, -0.2) is 43.6 Å². The number of amides is 1. The van der Waals surface area contributed by atoms with E-state index in [4.69, 9.17) is 21.1 Å². The van der Waals surface area contributed by atoms with Gasteiger partial charge in [0.05, 0.1) is 25.0 Å². The van der Waals surface area contributed by atoms with E-state index in [2.05, 4.69) is 22.0 Å². The summed E-state index contributed by atoms with van der Waals surface area (Å²) in [6.45, 7) is 0.865. The fraction of sp³-hybridized carbons (Fsp3) is 0.375. The third-order valence-corrected chi connectivity index (χ3v) is 6.45. The van der Waals surface area contributed by atoms with Gasteiger partial charge in [-0.05, 0) is 55.2 Å². The summed E-state index contributed by atoms with van der Waals surface area (Å²) >= 11 is 9.33. The molecule has 6 nitrogen and oxygen atoms in total. The highest BCUT2D eigenvalue weighted by Gasteiger charge is 2.36. The molecule has 0 N–H and O–H groups in total. The number of benzene rings is 2. The molecule has 2 aromatic rings. The van der Waals surface area contributed by atoms with Crippen LogP contribution in [0.25, 0.3) is 0 Å². The summed E-state index contributed by atoms with van der Waals surface area (Å²) < 4.78 is 11.3. The summed E-state index contributed by atoms with van der Waals surface area (Å²) in [6.07, 6.45) is 1.89. The predicted molar refractivity (Wildman–Crippen MR) is 124 cm³/mol. The largest absolute Gasteiger partial charge is 0.483 e. The van der Waals surface area contributed by atoms with Crippen molar-refractivity contribution in [3.05, 3.63) is 63.1 Å². The molecule has 1 fully saturated rings. The lowest BCUT2D eigenvalue weighted by atomic mass is 9.75. The van der Waals surface area contributed by atoms with Crippen molar-refractivity contribution in [3.63, 3.8) is 0 Å². The van der Waals surface area contributed by atoms with E-state index >= 15 is 0 Å². The molecular weight excluding hydrogens is 496 g/mol. The molecule has 0 atom stereocenters. The maximum Gasteiger partial charge on any atom is 0.310 e. The molecule has 0 saturated carbocycles. The summed E-state index contributed by atoms with van der Waals surface area (Å²) in [5, 5.41) is 10.5. The van der Waals surface area contributed by atoms with Crippen LogP contribution in [0.15, 0.2) is 46.9 Å². The quantitative estimate of drug-likeness (QED) is 0.501. The van der Waals surface area contributed by atoms with Crippen molar-refractivity contribution in [2.75, 3.05) is 26.8 Å². The Morgan fingerprint density at radius 3 is 2.50 bits per heavy atom. The van der Waals surface area contributed by atoms with Gasteiger partial charge in [-0.2, -0.15) is 5.26 Å². The zero-order chi connectivity index (χ0) is 23.1. The smallest absolute Gasteiger partial charge is 0.310 e. The van der Waals surface area contributed by atoms with Gasteiger partial charge in [0.15, 0.2) is 6.61 Å². The molecule has 0 aliphatic carbocycles. The van der Waals surface area contributed by atoms with Crippen LogP contribution in [0.3, 0.4) is 0 Å². The molecule has 0 unspecified atom stereocenters. The highest BCUT2D eigenvalue weighted by atomic mass is 79.9. The Morgan fingerprint density at radius 1 is 1.19 bits per heavy atom. The van der Waals surface area contributed by atoms with Crippen LogP contribution >= 0.6 is 27.5 Å². The number of carbonyl (C=O) groups excluding carboxylic acids is 2. The van der Waals surface area contributed by atoms with Crippen LogP contribution in [0, 0.1) is 16.7 Å². The summed E-state index contributed by atoms with van der Waals surface area (Å²) in [7, 11) is 1.33. The maximum absolute atomic E-state index is 12.7. The minimum absolute atomic E-state index is 0.0541. The fourth-order valence-corrected chi connectivity index (χ4v) is 4.33. The first-order chi connectivity index (χ1) is 15.3. The van der Waals surface area contributed by atoms with Gasteiger partial charge < -0.3 is 14.4 Å². The number of nitriles is 1. The van der Waals surface area contributed by atoms with Crippen LogP contribution in [0.2, 0.25) is 5.02 Å². The van der Waals surface area contributed by atoms with E-state index in [1.54, 1.807) is 23.1 Å². The van der Waals surface area contributed by atoms with Crippen LogP contribution in [0.4, 0.5) is 0 Å². The Morgan fingerprint density at radius 2 is 1.88 bits per heavy atom. The summed E-state index contributed by atoms with van der Waals surface area (Å²) in [6, 6.07) is 15.3. The normalized spacial score (nSPS) is 15.0. The number of likely N-dealkylation sites (tertiary alicyclic amines) is 1. The van der Waals surface area contributed by atoms with Gasteiger partial charge in [-0.15, -0.1) is 0 Å². The highest BCUT2D eigenvalue weighted by Crippen LogP contribution is 2.35. The Hall–Kier alpha value is -2.56. The van der Waals surface area contributed by atoms with Crippen LogP contribution in [-0.2, 0) is 27.2 Å². The Balaban J connectivity index is 1.57. The van der Waals surface area contributed by atoms with Gasteiger partial charge in [-0.25, -0.2) is 0 Å². The first kappa shape index (κ1) is 24.1. The molecule has 32 heavy (non-hydrogen) atoms. The lowest BCUT2D eigenvalue weighted by molar-refractivity contribution is -0.139. The van der Waals surface area contributed by atoms with Crippen molar-refractivity contribution in [1.82, 2.24) is 4.90 Å². The molecule has 1 amide bonds. The molecule has 0 aromatic heterocycles. The number of piperidine rings is 1. The van der Waals surface area contributed by atoms with Crippen LogP contribution in [0.1, 0.15) is 24.0 Å². The predicted octanol–water partition coefficient (Wildman–Crippen LogP) is 4.57. The van der Waals surface area contributed by atoms with E-state index in [0.717, 1.165) is 10.0 Å². The number of esters is 1. The van der Waals surface area contributed by atoms with Crippen molar-refractivity contribution >= 4 is 39.4 Å². The molecule has 0 spiro atoms. The topological polar surface area (TPSA) is 79.6 Å². The van der Waals surface area contributed by atoms with E-state index in [9.17, 15) is 14.9 Å². The van der Waals surface area contributed by atoms with Crippen molar-refractivity contribution < 1.29 is 19.1 Å². The lowest BCUT2D eigenvalue weighted by Gasteiger charge is -2.37. The van der Waals surface area contributed by atoms with Gasteiger partial charge in [0.2, 0.25) is 0 Å². The molecule has 0 bridgehead atoms.